The molecule has 5 heteroatoms. The lowest BCUT2D eigenvalue weighted by molar-refractivity contribution is 0.0697. The van der Waals surface area contributed by atoms with Crippen LogP contribution in [0.15, 0.2) is 83.5 Å². The number of carboxylic acids is 1. The van der Waals surface area contributed by atoms with E-state index in [0.29, 0.717) is 13.2 Å². The Morgan fingerprint density at radius 2 is 1.82 bits per heavy atom. The third kappa shape index (κ3) is 3.94. The lowest BCUT2D eigenvalue weighted by Crippen LogP contribution is -2.04. The van der Waals surface area contributed by atoms with Gasteiger partial charge in [0.25, 0.3) is 0 Å². The van der Waals surface area contributed by atoms with Crippen molar-refractivity contribution in [2.45, 2.75) is 13.2 Å². The molecule has 4 nitrogen and oxygen atoms in total. The Morgan fingerprint density at radius 1 is 1.00 bits per heavy atom. The highest BCUT2D eigenvalue weighted by atomic mass is 79.9. The van der Waals surface area contributed by atoms with Crippen molar-refractivity contribution in [3.63, 3.8) is 0 Å². The molecule has 0 fully saturated rings. The van der Waals surface area contributed by atoms with Gasteiger partial charge in [-0.2, -0.15) is 0 Å². The zero-order chi connectivity index (χ0) is 19.5. The molecule has 0 aliphatic carbocycles. The fourth-order valence-corrected chi connectivity index (χ4v) is 3.59. The van der Waals surface area contributed by atoms with E-state index in [9.17, 15) is 9.90 Å². The first kappa shape index (κ1) is 18.3. The predicted molar refractivity (Wildman–Crippen MR) is 113 cm³/mol. The Balaban J connectivity index is 1.64. The monoisotopic (exact) mass is 435 g/mol. The summed E-state index contributed by atoms with van der Waals surface area (Å²) in [6.07, 6.45) is 1.97. The van der Waals surface area contributed by atoms with Crippen LogP contribution in [0.1, 0.15) is 21.5 Å². The summed E-state index contributed by atoms with van der Waals surface area (Å²) in [4.78, 5) is 11.3. The number of nitrogens with zero attached hydrogens (tertiary/aromatic N) is 1. The maximum absolute atomic E-state index is 11.3. The van der Waals surface area contributed by atoms with Gasteiger partial charge in [0, 0.05) is 21.7 Å². The van der Waals surface area contributed by atoms with Gasteiger partial charge >= 0.3 is 5.97 Å². The quantitative estimate of drug-likeness (QED) is 0.420. The number of fused-ring (bicyclic) bond motifs is 1. The Labute approximate surface area is 171 Å². The number of hydrogen-bond donors (Lipinski definition) is 1. The molecule has 4 rings (SSSR count). The molecule has 1 heterocycles. The Morgan fingerprint density at radius 3 is 2.61 bits per heavy atom. The zero-order valence-corrected chi connectivity index (χ0v) is 16.6. The molecule has 0 aliphatic heterocycles. The smallest absolute Gasteiger partial charge is 0.335 e. The van der Waals surface area contributed by atoms with Crippen molar-refractivity contribution in [3.8, 4) is 5.75 Å². The van der Waals surface area contributed by atoms with Crippen molar-refractivity contribution < 1.29 is 14.6 Å². The van der Waals surface area contributed by atoms with E-state index in [2.05, 4.69) is 15.9 Å². The van der Waals surface area contributed by atoms with Gasteiger partial charge in [0.1, 0.15) is 12.4 Å². The van der Waals surface area contributed by atoms with Crippen LogP contribution in [0, 0.1) is 0 Å². The van der Waals surface area contributed by atoms with Gasteiger partial charge in [-0.1, -0.05) is 52.3 Å². The van der Waals surface area contributed by atoms with Gasteiger partial charge in [0.15, 0.2) is 0 Å². The van der Waals surface area contributed by atoms with Crippen LogP contribution in [0.5, 0.6) is 5.75 Å². The number of carbonyl (C=O) groups is 1. The molecule has 0 atom stereocenters. The summed E-state index contributed by atoms with van der Waals surface area (Å²) >= 11 is 3.53. The second-order valence-corrected chi connectivity index (χ2v) is 7.46. The van der Waals surface area contributed by atoms with Gasteiger partial charge in [-0.3, -0.25) is 0 Å². The standard InChI is InChI=1S/C23H18BrNO3/c24-20-8-9-22(28-15-16-4-2-1-3-5-16)19(12-20)14-25-11-10-17-6-7-18(23(26)27)13-21(17)25/h1-13H,14-15H2,(H,26,27). The summed E-state index contributed by atoms with van der Waals surface area (Å²) < 4.78 is 9.08. The second-order valence-electron chi connectivity index (χ2n) is 6.55. The topological polar surface area (TPSA) is 51.5 Å². The Hall–Kier alpha value is -3.05. The van der Waals surface area contributed by atoms with Gasteiger partial charge in [0.05, 0.1) is 12.1 Å². The van der Waals surface area contributed by atoms with E-state index in [0.717, 1.165) is 32.3 Å². The summed E-state index contributed by atoms with van der Waals surface area (Å²) in [6, 6.07) is 23.1. The number of rotatable bonds is 6. The first-order valence-corrected chi connectivity index (χ1v) is 9.67. The molecule has 1 aromatic heterocycles. The van der Waals surface area contributed by atoms with E-state index in [1.54, 1.807) is 12.1 Å². The number of halogens is 1. The van der Waals surface area contributed by atoms with Crippen LogP contribution < -0.4 is 4.74 Å². The van der Waals surface area contributed by atoms with Gasteiger partial charge in [0.2, 0.25) is 0 Å². The molecule has 4 aromatic rings. The van der Waals surface area contributed by atoms with Crippen LogP contribution in [0.2, 0.25) is 0 Å². The summed E-state index contributed by atoms with van der Waals surface area (Å²) in [6.45, 7) is 1.07. The molecule has 0 spiro atoms. The molecule has 0 amide bonds. The predicted octanol–water partition coefficient (Wildman–Crippen LogP) is 5.73. The van der Waals surface area contributed by atoms with E-state index in [-0.39, 0.29) is 5.56 Å². The van der Waals surface area contributed by atoms with Crippen molar-refractivity contribution >= 4 is 32.8 Å². The van der Waals surface area contributed by atoms with Crippen LogP contribution in [0.25, 0.3) is 10.9 Å². The molecule has 0 saturated carbocycles. The average Bonchev–Trinajstić information content (AvgIpc) is 3.10. The number of aromatic carboxylic acids is 1. The Bertz CT molecular complexity index is 1140. The molecule has 140 valence electrons. The minimum atomic E-state index is -0.927. The summed E-state index contributed by atoms with van der Waals surface area (Å²) in [5.74, 6) is -0.118. The normalized spacial score (nSPS) is 10.9. The number of carboxylic acid groups (broad SMARTS) is 1. The number of aromatic nitrogens is 1. The number of benzene rings is 3. The highest BCUT2D eigenvalue weighted by Gasteiger charge is 2.11. The maximum Gasteiger partial charge on any atom is 0.335 e. The van der Waals surface area contributed by atoms with Crippen LogP contribution in [-0.2, 0) is 13.2 Å². The third-order valence-corrected chi connectivity index (χ3v) is 5.11. The molecule has 0 saturated heterocycles. The van der Waals surface area contributed by atoms with Crippen LogP contribution in [-0.4, -0.2) is 15.6 Å². The highest BCUT2D eigenvalue weighted by molar-refractivity contribution is 9.10. The zero-order valence-electron chi connectivity index (χ0n) is 15.0. The summed E-state index contributed by atoms with van der Waals surface area (Å²) in [5, 5.41) is 10.3. The molecular formula is C23H18BrNO3. The van der Waals surface area contributed by atoms with Crippen molar-refractivity contribution in [1.82, 2.24) is 4.57 Å². The molecule has 28 heavy (non-hydrogen) atoms. The largest absolute Gasteiger partial charge is 0.489 e. The molecule has 3 aromatic carbocycles. The van der Waals surface area contributed by atoms with Gasteiger partial charge < -0.3 is 14.4 Å². The lowest BCUT2D eigenvalue weighted by Gasteiger charge is -2.14. The summed E-state index contributed by atoms with van der Waals surface area (Å²) in [7, 11) is 0. The van der Waals surface area contributed by atoms with E-state index in [1.165, 1.54) is 0 Å². The lowest BCUT2D eigenvalue weighted by atomic mass is 10.1. The maximum atomic E-state index is 11.3. The molecule has 0 unspecified atom stereocenters. The summed E-state index contributed by atoms with van der Waals surface area (Å²) in [5.41, 5.74) is 3.29. The van der Waals surface area contributed by atoms with Crippen molar-refractivity contribution in [1.29, 1.82) is 0 Å². The average molecular weight is 436 g/mol. The molecule has 0 aliphatic rings. The van der Waals surface area contributed by atoms with Crippen LogP contribution in [0.3, 0.4) is 0 Å². The van der Waals surface area contributed by atoms with E-state index >= 15 is 0 Å². The fraction of sp³-hybridized carbons (Fsp3) is 0.0870. The minimum Gasteiger partial charge on any atom is -0.489 e. The molecule has 0 radical (unpaired) electrons. The van der Waals surface area contributed by atoms with Crippen LogP contribution >= 0.6 is 15.9 Å². The van der Waals surface area contributed by atoms with Gasteiger partial charge in [-0.25, -0.2) is 4.79 Å². The first-order valence-electron chi connectivity index (χ1n) is 8.87. The van der Waals surface area contributed by atoms with Crippen molar-refractivity contribution in [2.75, 3.05) is 0 Å². The van der Waals surface area contributed by atoms with E-state index in [4.69, 9.17) is 4.74 Å². The number of hydrogen-bond acceptors (Lipinski definition) is 2. The van der Waals surface area contributed by atoms with Crippen LogP contribution in [0.4, 0.5) is 0 Å². The Kier molecular flexibility index (Phi) is 5.17. The van der Waals surface area contributed by atoms with Crippen molar-refractivity contribution in [2.24, 2.45) is 0 Å². The molecule has 0 bridgehead atoms. The minimum absolute atomic E-state index is 0.280. The second kappa shape index (κ2) is 7.90. The van der Waals surface area contributed by atoms with Gasteiger partial charge in [-0.15, -0.1) is 0 Å². The van der Waals surface area contributed by atoms with Crippen molar-refractivity contribution in [3.05, 3.63) is 100 Å². The number of ether oxygens (including phenoxy) is 1. The fourth-order valence-electron chi connectivity index (χ4n) is 3.19. The molecule has 1 N–H and O–H groups in total. The SMILES string of the molecule is O=C(O)c1ccc2ccn(Cc3cc(Br)ccc3OCc3ccccc3)c2c1. The first-order chi connectivity index (χ1) is 13.6. The third-order valence-electron chi connectivity index (χ3n) is 4.62. The highest BCUT2D eigenvalue weighted by Crippen LogP contribution is 2.27. The van der Waals surface area contributed by atoms with Gasteiger partial charge in [-0.05, 0) is 47.3 Å². The van der Waals surface area contributed by atoms with E-state index < -0.39 is 5.97 Å². The molecular weight excluding hydrogens is 418 g/mol. The van der Waals surface area contributed by atoms with E-state index in [1.807, 2.05) is 71.4 Å².